The third-order valence-corrected chi connectivity index (χ3v) is 2.84. The third kappa shape index (κ3) is 2.02. The smallest absolute Gasteiger partial charge is 0.215 e. The summed E-state index contributed by atoms with van der Waals surface area (Å²) in [6, 6.07) is 3.41. The van der Waals surface area contributed by atoms with Crippen molar-refractivity contribution in [3.05, 3.63) is 35.8 Å². The minimum absolute atomic E-state index is 0.0684. The van der Waals surface area contributed by atoms with Crippen LogP contribution in [0.3, 0.4) is 0 Å². The van der Waals surface area contributed by atoms with Crippen molar-refractivity contribution in [3.63, 3.8) is 0 Å². The van der Waals surface area contributed by atoms with E-state index in [1.807, 2.05) is 7.05 Å². The van der Waals surface area contributed by atoms with Crippen LogP contribution >= 0.6 is 0 Å². The van der Waals surface area contributed by atoms with Crippen molar-refractivity contribution in [1.82, 2.24) is 4.90 Å². The van der Waals surface area contributed by atoms with Crippen molar-refractivity contribution in [1.29, 1.82) is 0 Å². The summed E-state index contributed by atoms with van der Waals surface area (Å²) in [6.07, 6.45) is 4.50. The molecule has 1 aromatic rings. The average molecular weight is 205 g/mol. The van der Waals surface area contributed by atoms with Crippen molar-refractivity contribution in [2.24, 2.45) is 0 Å². The predicted molar refractivity (Wildman–Crippen MR) is 57.8 cm³/mol. The maximum absolute atomic E-state index is 12.1. The molecule has 15 heavy (non-hydrogen) atoms. The van der Waals surface area contributed by atoms with E-state index in [9.17, 15) is 4.79 Å². The van der Waals surface area contributed by atoms with Gasteiger partial charge >= 0.3 is 0 Å². The van der Waals surface area contributed by atoms with Crippen LogP contribution in [0.2, 0.25) is 0 Å². The van der Waals surface area contributed by atoms with Crippen LogP contribution in [0.25, 0.3) is 0 Å². The van der Waals surface area contributed by atoms with Crippen LogP contribution in [-0.2, 0) is 0 Å². The van der Waals surface area contributed by atoms with Gasteiger partial charge in [0, 0.05) is 6.54 Å². The molecule has 0 amide bonds. The highest BCUT2D eigenvalue weighted by atomic mass is 16.3. The zero-order valence-electron chi connectivity index (χ0n) is 9.06. The van der Waals surface area contributed by atoms with Crippen molar-refractivity contribution >= 4 is 5.78 Å². The van der Waals surface area contributed by atoms with E-state index in [2.05, 4.69) is 17.9 Å². The number of carbonyl (C=O) groups excluding carboxylic acids is 1. The molecular formula is C12H15NO2. The lowest BCUT2D eigenvalue weighted by Gasteiger charge is -2.29. The molecule has 2 heterocycles. The normalized spacial score (nSPS) is 22.5. The van der Waals surface area contributed by atoms with E-state index in [0.717, 1.165) is 13.0 Å². The van der Waals surface area contributed by atoms with E-state index in [4.69, 9.17) is 4.42 Å². The Morgan fingerprint density at radius 2 is 2.40 bits per heavy atom. The van der Waals surface area contributed by atoms with Gasteiger partial charge in [-0.2, -0.15) is 0 Å². The summed E-state index contributed by atoms with van der Waals surface area (Å²) in [4.78, 5) is 14.1. The monoisotopic (exact) mass is 205 g/mol. The number of likely N-dealkylation sites (N-methyl/N-ethyl adjacent to an activating group) is 1. The van der Waals surface area contributed by atoms with E-state index in [-0.39, 0.29) is 11.8 Å². The molecule has 1 aliphatic heterocycles. The molecule has 2 rings (SSSR count). The largest absolute Gasteiger partial charge is 0.461 e. The van der Waals surface area contributed by atoms with Gasteiger partial charge < -0.3 is 4.42 Å². The Morgan fingerprint density at radius 3 is 3.07 bits per heavy atom. The van der Waals surface area contributed by atoms with Crippen LogP contribution in [0, 0.1) is 0 Å². The highest BCUT2D eigenvalue weighted by Gasteiger charge is 2.28. The molecule has 0 radical (unpaired) electrons. The van der Waals surface area contributed by atoms with E-state index in [1.54, 1.807) is 18.4 Å². The lowest BCUT2D eigenvalue weighted by molar-refractivity contribution is 0.0824. The standard InChI is InChI=1S/C12H15NO2/c1-9-5-6-13(2)10(8-9)12(14)11-4-3-7-15-11/h3-5,7,10H,6,8H2,1-2H3. The fraction of sp³-hybridized carbons (Fsp3) is 0.417. The minimum atomic E-state index is -0.0684. The Balaban J connectivity index is 2.17. The highest BCUT2D eigenvalue weighted by molar-refractivity contribution is 5.98. The summed E-state index contributed by atoms with van der Waals surface area (Å²) in [5.74, 6) is 0.538. The molecule has 1 unspecified atom stereocenters. The van der Waals surface area contributed by atoms with Gasteiger partial charge in [0.15, 0.2) is 5.76 Å². The van der Waals surface area contributed by atoms with E-state index in [0.29, 0.717) is 5.76 Å². The van der Waals surface area contributed by atoms with Gasteiger partial charge in [-0.3, -0.25) is 9.69 Å². The Bertz CT molecular complexity index is 378. The summed E-state index contributed by atoms with van der Waals surface area (Å²) in [5.41, 5.74) is 1.28. The van der Waals surface area contributed by atoms with Crippen LogP contribution in [0.4, 0.5) is 0 Å². The molecule has 3 heteroatoms. The minimum Gasteiger partial charge on any atom is -0.461 e. The molecule has 3 nitrogen and oxygen atoms in total. The number of rotatable bonds is 2. The first-order chi connectivity index (χ1) is 7.18. The Kier molecular flexibility index (Phi) is 2.73. The van der Waals surface area contributed by atoms with Gasteiger partial charge in [-0.15, -0.1) is 0 Å². The summed E-state index contributed by atoms with van der Waals surface area (Å²) < 4.78 is 5.14. The van der Waals surface area contributed by atoms with E-state index in [1.165, 1.54) is 5.57 Å². The molecule has 1 aliphatic rings. The SMILES string of the molecule is CC1=CCN(C)C(C(=O)c2ccco2)C1. The lowest BCUT2D eigenvalue weighted by atomic mass is 9.97. The number of ketones is 1. The molecule has 1 atom stereocenters. The van der Waals surface area contributed by atoms with Gasteiger partial charge in [0.2, 0.25) is 5.78 Å². The highest BCUT2D eigenvalue weighted by Crippen LogP contribution is 2.19. The molecule has 0 saturated heterocycles. The maximum Gasteiger partial charge on any atom is 0.215 e. The van der Waals surface area contributed by atoms with Crippen molar-refractivity contribution in [3.8, 4) is 0 Å². The molecule has 0 bridgehead atoms. The molecule has 1 aromatic heterocycles. The molecule has 80 valence electrons. The predicted octanol–water partition coefficient (Wildman–Crippen LogP) is 2.11. The van der Waals surface area contributed by atoms with Gasteiger partial charge in [0.05, 0.1) is 12.3 Å². The van der Waals surface area contributed by atoms with E-state index >= 15 is 0 Å². The topological polar surface area (TPSA) is 33.5 Å². The fourth-order valence-electron chi connectivity index (χ4n) is 1.85. The van der Waals surface area contributed by atoms with Gasteiger partial charge in [-0.25, -0.2) is 0 Å². The fourth-order valence-corrected chi connectivity index (χ4v) is 1.85. The van der Waals surface area contributed by atoms with Gasteiger partial charge in [0.1, 0.15) is 0 Å². The van der Waals surface area contributed by atoms with Crippen LogP contribution in [0.5, 0.6) is 0 Å². The Labute approximate surface area is 89.4 Å². The first kappa shape index (κ1) is 10.2. The van der Waals surface area contributed by atoms with Gasteiger partial charge in [-0.1, -0.05) is 11.6 Å². The Morgan fingerprint density at radius 1 is 1.60 bits per heavy atom. The van der Waals surface area contributed by atoms with E-state index < -0.39 is 0 Å². The zero-order valence-corrected chi connectivity index (χ0v) is 9.06. The van der Waals surface area contributed by atoms with Crippen LogP contribution in [0.1, 0.15) is 23.9 Å². The number of hydrogen-bond donors (Lipinski definition) is 0. The number of carbonyl (C=O) groups is 1. The first-order valence-corrected chi connectivity index (χ1v) is 5.12. The zero-order chi connectivity index (χ0) is 10.8. The quantitative estimate of drug-likeness (QED) is 0.547. The molecule has 0 N–H and O–H groups in total. The van der Waals surface area contributed by atoms with Crippen LogP contribution in [-0.4, -0.2) is 30.3 Å². The average Bonchev–Trinajstić information content (AvgIpc) is 2.74. The number of hydrogen-bond acceptors (Lipinski definition) is 3. The second-order valence-corrected chi connectivity index (χ2v) is 4.05. The summed E-state index contributed by atoms with van der Waals surface area (Å²) in [5, 5.41) is 0. The maximum atomic E-state index is 12.1. The van der Waals surface area contributed by atoms with Crippen LogP contribution < -0.4 is 0 Å². The number of Topliss-reactive ketones (excluding diaryl/α,β-unsaturated/α-hetero) is 1. The molecule has 0 fully saturated rings. The number of nitrogens with zero attached hydrogens (tertiary/aromatic N) is 1. The van der Waals surface area contributed by atoms with Crippen molar-refractivity contribution < 1.29 is 9.21 Å². The molecule has 0 aliphatic carbocycles. The third-order valence-electron chi connectivity index (χ3n) is 2.84. The summed E-state index contributed by atoms with van der Waals surface area (Å²) in [7, 11) is 1.97. The van der Waals surface area contributed by atoms with Crippen molar-refractivity contribution in [2.45, 2.75) is 19.4 Å². The van der Waals surface area contributed by atoms with Gasteiger partial charge in [-0.05, 0) is 32.5 Å². The second-order valence-electron chi connectivity index (χ2n) is 4.05. The first-order valence-electron chi connectivity index (χ1n) is 5.12. The molecular weight excluding hydrogens is 190 g/mol. The molecule has 0 saturated carbocycles. The van der Waals surface area contributed by atoms with Gasteiger partial charge in [0.25, 0.3) is 0 Å². The number of furan rings is 1. The summed E-state index contributed by atoms with van der Waals surface area (Å²) in [6.45, 7) is 2.90. The summed E-state index contributed by atoms with van der Waals surface area (Å²) >= 11 is 0. The van der Waals surface area contributed by atoms with Crippen LogP contribution in [0.15, 0.2) is 34.5 Å². The van der Waals surface area contributed by atoms with Crippen molar-refractivity contribution in [2.75, 3.05) is 13.6 Å². The lowest BCUT2D eigenvalue weighted by Crippen LogP contribution is -2.41. The Hall–Kier alpha value is -1.35. The molecule has 0 aromatic carbocycles. The molecule has 0 spiro atoms. The second kappa shape index (κ2) is 4.03.